The Labute approximate surface area is 182 Å². The summed E-state index contributed by atoms with van der Waals surface area (Å²) in [6, 6.07) is 14.4. The number of carbonyl (C=O) groups excluding carboxylic acids is 3. The summed E-state index contributed by atoms with van der Waals surface area (Å²) in [5.41, 5.74) is 2.82. The van der Waals surface area contributed by atoms with Crippen LogP contribution in [-0.4, -0.2) is 28.7 Å². The molecule has 0 unspecified atom stereocenters. The quantitative estimate of drug-likeness (QED) is 0.528. The second kappa shape index (κ2) is 7.23. The number of nitrogens with one attached hydrogen (secondary N) is 2. The minimum absolute atomic E-state index is 0.0288. The lowest BCUT2D eigenvalue weighted by atomic mass is 9.79. The molecule has 2 aliphatic carbocycles. The Morgan fingerprint density at radius 3 is 2.47 bits per heavy atom. The van der Waals surface area contributed by atoms with Crippen molar-refractivity contribution >= 4 is 45.1 Å². The van der Waals surface area contributed by atoms with Crippen LogP contribution in [0.25, 0.3) is 0 Å². The molecule has 2 aromatic carbocycles. The largest absolute Gasteiger partial charge is 0.461 e. The molecule has 2 bridgehead atoms. The van der Waals surface area contributed by atoms with Crippen molar-refractivity contribution in [1.29, 1.82) is 0 Å². The molecule has 3 fully saturated rings. The molecule has 6 atom stereocenters. The molecule has 2 aromatic rings. The number of benzene rings is 2. The van der Waals surface area contributed by atoms with Gasteiger partial charge < -0.3 is 15.4 Å². The van der Waals surface area contributed by atoms with Crippen molar-refractivity contribution in [3.63, 3.8) is 0 Å². The lowest BCUT2D eigenvalue weighted by Gasteiger charge is -2.27. The molecule has 0 aromatic heterocycles. The Kier molecular flexibility index (Phi) is 4.65. The number of rotatable bonds is 4. The van der Waals surface area contributed by atoms with Gasteiger partial charge in [-0.3, -0.25) is 14.4 Å². The minimum Gasteiger partial charge on any atom is -0.461 e. The number of anilines is 2. The standard InChI is InChI=1S/C23H21BrN2O4/c1-11-5-7-12(8-6-11)21(27)25-13-3-2-4-14(9-13)26-22(28)17-15-10-16-18(17)23(29)30-20(16)19(15)24/h2-9,15-20H,10H2,1H3,(H,25,27)(H,26,28)/t15-,16-,17-,18+,19-,20+/m1/s1. The number of ether oxygens (including phenoxy) is 1. The molecule has 3 aliphatic rings. The SMILES string of the molecule is Cc1ccc(C(=O)Nc2cccc(NC(=O)[C@@H]3[C@H]4C[C@H]5[C@H](OC(=O)[C@@H]53)[C@@H]4Br)c2)cc1. The lowest BCUT2D eigenvalue weighted by Crippen LogP contribution is -2.40. The molecule has 0 spiro atoms. The molecule has 154 valence electrons. The summed E-state index contributed by atoms with van der Waals surface area (Å²) in [6.45, 7) is 1.97. The molecule has 6 nitrogen and oxygen atoms in total. The van der Waals surface area contributed by atoms with E-state index < -0.39 is 5.92 Å². The van der Waals surface area contributed by atoms with Crippen LogP contribution in [0.1, 0.15) is 22.3 Å². The first-order valence-corrected chi connectivity index (χ1v) is 11.0. The predicted molar refractivity (Wildman–Crippen MR) is 115 cm³/mol. The molecule has 1 saturated heterocycles. The highest BCUT2D eigenvalue weighted by atomic mass is 79.9. The monoisotopic (exact) mass is 468 g/mol. The van der Waals surface area contributed by atoms with Gasteiger partial charge in [-0.15, -0.1) is 0 Å². The molecule has 2 saturated carbocycles. The smallest absolute Gasteiger partial charge is 0.310 e. The number of halogens is 1. The van der Waals surface area contributed by atoms with Gasteiger partial charge in [0.25, 0.3) is 5.91 Å². The van der Waals surface area contributed by atoms with E-state index in [-0.39, 0.29) is 46.5 Å². The maximum Gasteiger partial charge on any atom is 0.310 e. The normalized spacial score (nSPS) is 30.8. The summed E-state index contributed by atoms with van der Waals surface area (Å²) < 4.78 is 5.48. The van der Waals surface area contributed by atoms with E-state index in [9.17, 15) is 14.4 Å². The summed E-state index contributed by atoms with van der Waals surface area (Å²) in [5, 5.41) is 5.79. The van der Waals surface area contributed by atoms with E-state index >= 15 is 0 Å². The molecule has 1 aliphatic heterocycles. The van der Waals surface area contributed by atoms with Crippen LogP contribution in [0, 0.1) is 30.6 Å². The summed E-state index contributed by atoms with van der Waals surface area (Å²) in [4.78, 5) is 37.8. The van der Waals surface area contributed by atoms with Crippen LogP contribution >= 0.6 is 15.9 Å². The molecule has 2 amide bonds. The molecule has 5 rings (SSSR count). The van der Waals surface area contributed by atoms with E-state index in [1.165, 1.54) is 0 Å². The van der Waals surface area contributed by atoms with Gasteiger partial charge >= 0.3 is 5.97 Å². The number of carbonyl (C=O) groups is 3. The van der Waals surface area contributed by atoms with Crippen molar-refractivity contribution < 1.29 is 19.1 Å². The first kappa shape index (κ1) is 19.3. The van der Waals surface area contributed by atoms with Crippen molar-refractivity contribution in [3.05, 3.63) is 59.7 Å². The van der Waals surface area contributed by atoms with E-state index in [1.54, 1.807) is 36.4 Å². The summed E-state index contributed by atoms with van der Waals surface area (Å²) in [7, 11) is 0. The fourth-order valence-corrected chi connectivity index (χ4v) is 6.18. The summed E-state index contributed by atoms with van der Waals surface area (Å²) >= 11 is 3.63. The maximum absolute atomic E-state index is 13.0. The van der Waals surface area contributed by atoms with Gasteiger partial charge in [0, 0.05) is 22.9 Å². The van der Waals surface area contributed by atoms with E-state index in [4.69, 9.17) is 4.74 Å². The van der Waals surface area contributed by atoms with Gasteiger partial charge in [0.15, 0.2) is 0 Å². The highest BCUT2D eigenvalue weighted by Crippen LogP contribution is 2.60. The Morgan fingerprint density at radius 2 is 1.73 bits per heavy atom. The molecular formula is C23H21BrN2O4. The number of alkyl halides is 1. The number of fused-ring (bicyclic) bond motifs is 1. The van der Waals surface area contributed by atoms with Gasteiger partial charge in [0.1, 0.15) is 6.10 Å². The highest BCUT2D eigenvalue weighted by molar-refractivity contribution is 9.09. The second-order valence-electron chi connectivity index (χ2n) is 8.35. The van der Waals surface area contributed by atoms with Crippen LogP contribution in [0.5, 0.6) is 0 Å². The zero-order valence-electron chi connectivity index (χ0n) is 16.3. The van der Waals surface area contributed by atoms with E-state index in [2.05, 4.69) is 26.6 Å². The zero-order valence-corrected chi connectivity index (χ0v) is 17.9. The molecular weight excluding hydrogens is 448 g/mol. The van der Waals surface area contributed by atoms with E-state index in [0.717, 1.165) is 12.0 Å². The minimum atomic E-state index is -0.392. The predicted octanol–water partition coefficient (Wildman–Crippen LogP) is 3.76. The zero-order chi connectivity index (χ0) is 21.0. The van der Waals surface area contributed by atoms with Gasteiger partial charge in [-0.2, -0.15) is 0 Å². The number of esters is 1. The average molecular weight is 469 g/mol. The Hall–Kier alpha value is -2.67. The first-order valence-electron chi connectivity index (χ1n) is 10.1. The van der Waals surface area contributed by atoms with Gasteiger partial charge in [-0.05, 0) is 49.6 Å². The molecule has 1 heterocycles. The molecule has 30 heavy (non-hydrogen) atoms. The Balaban J connectivity index is 1.29. The van der Waals surface area contributed by atoms with Crippen molar-refractivity contribution in [3.8, 4) is 0 Å². The second-order valence-corrected chi connectivity index (χ2v) is 9.41. The number of amides is 2. The third-order valence-corrected chi connectivity index (χ3v) is 7.73. The van der Waals surface area contributed by atoms with E-state index in [0.29, 0.717) is 16.9 Å². The van der Waals surface area contributed by atoms with Crippen molar-refractivity contribution in [2.45, 2.75) is 24.3 Å². The highest BCUT2D eigenvalue weighted by Gasteiger charge is 2.67. The van der Waals surface area contributed by atoms with Crippen LogP contribution in [0.2, 0.25) is 0 Å². The topological polar surface area (TPSA) is 84.5 Å². The number of hydrogen-bond acceptors (Lipinski definition) is 4. The fraction of sp³-hybridized carbons (Fsp3) is 0.348. The van der Waals surface area contributed by atoms with Crippen LogP contribution < -0.4 is 10.6 Å². The average Bonchev–Trinajstić information content (AvgIpc) is 3.33. The van der Waals surface area contributed by atoms with Crippen molar-refractivity contribution in [2.24, 2.45) is 23.7 Å². The number of hydrogen-bond donors (Lipinski definition) is 2. The lowest BCUT2D eigenvalue weighted by molar-refractivity contribution is -0.145. The summed E-state index contributed by atoms with van der Waals surface area (Å²) in [6.07, 6.45) is 0.735. The van der Waals surface area contributed by atoms with Crippen LogP contribution in [0.15, 0.2) is 48.5 Å². The first-order chi connectivity index (χ1) is 14.4. The van der Waals surface area contributed by atoms with Crippen molar-refractivity contribution in [1.82, 2.24) is 0 Å². The Bertz CT molecular complexity index is 1040. The molecule has 0 radical (unpaired) electrons. The summed E-state index contributed by atoms with van der Waals surface area (Å²) in [5.74, 6) is -1.16. The fourth-order valence-electron chi connectivity index (χ4n) is 5.14. The third-order valence-electron chi connectivity index (χ3n) is 6.53. The van der Waals surface area contributed by atoms with Crippen LogP contribution in [0.4, 0.5) is 11.4 Å². The molecule has 2 N–H and O–H groups in total. The third kappa shape index (κ3) is 3.12. The van der Waals surface area contributed by atoms with Gasteiger partial charge in [0.05, 0.1) is 16.7 Å². The van der Waals surface area contributed by atoms with Crippen LogP contribution in [-0.2, 0) is 14.3 Å². The van der Waals surface area contributed by atoms with E-state index in [1.807, 2.05) is 19.1 Å². The van der Waals surface area contributed by atoms with Crippen molar-refractivity contribution in [2.75, 3.05) is 10.6 Å². The number of aryl methyl sites for hydroxylation is 1. The maximum atomic E-state index is 13.0. The van der Waals surface area contributed by atoms with Gasteiger partial charge in [0.2, 0.25) is 5.91 Å². The van der Waals surface area contributed by atoms with Gasteiger partial charge in [-0.1, -0.05) is 39.7 Å². The van der Waals surface area contributed by atoms with Gasteiger partial charge in [-0.25, -0.2) is 0 Å². The molecule has 7 heteroatoms. The van der Waals surface area contributed by atoms with Crippen LogP contribution in [0.3, 0.4) is 0 Å². The Morgan fingerprint density at radius 1 is 1.03 bits per heavy atom.